The first-order chi connectivity index (χ1) is 8.09. The topological polar surface area (TPSA) is 20.3 Å². The third-order valence-electron chi connectivity index (χ3n) is 3.22. The van der Waals surface area contributed by atoms with Gasteiger partial charge in [0.15, 0.2) is 0 Å². The van der Waals surface area contributed by atoms with Crippen molar-refractivity contribution < 1.29 is 4.79 Å². The Balaban J connectivity index is 2.27. The summed E-state index contributed by atoms with van der Waals surface area (Å²) >= 11 is 5.83. The van der Waals surface area contributed by atoms with Gasteiger partial charge >= 0.3 is 0 Å². The van der Waals surface area contributed by atoms with Crippen molar-refractivity contribution in [1.29, 1.82) is 0 Å². The van der Waals surface area contributed by atoms with Crippen LogP contribution in [0.3, 0.4) is 0 Å². The second kappa shape index (κ2) is 4.92. The van der Waals surface area contributed by atoms with E-state index in [0.717, 1.165) is 12.8 Å². The fourth-order valence-electron chi connectivity index (χ4n) is 2.48. The second-order valence-corrected chi connectivity index (χ2v) is 4.95. The lowest BCUT2D eigenvalue weighted by Gasteiger charge is -2.28. The summed E-state index contributed by atoms with van der Waals surface area (Å²) in [5, 5.41) is 0.504. The number of aryl methyl sites for hydroxylation is 1. The molecule has 3 heteroatoms. The third kappa shape index (κ3) is 2.52. The molecule has 0 saturated heterocycles. The van der Waals surface area contributed by atoms with Gasteiger partial charge in [-0.2, -0.15) is 0 Å². The molecule has 2 nitrogen and oxygen atoms in total. The van der Waals surface area contributed by atoms with Crippen LogP contribution in [0.5, 0.6) is 0 Å². The van der Waals surface area contributed by atoms with E-state index in [9.17, 15) is 4.79 Å². The van der Waals surface area contributed by atoms with Crippen LogP contribution in [0.15, 0.2) is 35.9 Å². The number of benzene rings is 1. The van der Waals surface area contributed by atoms with E-state index in [2.05, 4.69) is 18.7 Å². The molecule has 0 N–H and O–H groups in total. The normalized spacial score (nSPS) is 17.6. The zero-order chi connectivity index (χ0) is 12.4. The van der Waals surface area contributed by atoms with E-state index in [1.807, 2.05) is 12.1 Å². The summed E-state index contributed by atoms with van der Waals surface area (Å²) in [5.41, 5.74) is 2.59. The highest BCUT2D eigenvalue weighted by atomic mass is 35.5. The van der Waals surface area contributed by atoms with Crippen molar-refractivity contribution in [2.75, 3.05) is 6.54 Å². The maximum atomic E-state index is 11.7. The van der Waals surface area contributed by atoms with E-state index in [1.54, 1.807) is 11.8 Å². The molecule has 0 spiro atoms. The Bertz CT molecular complexity index is 455. The van der Waals surface area contributed by atoms with Crippen molar-refractivity contribution >= 4 is 17.5 Å². The van der Waals surface area contributed by atoms with Crippen LogP contribution in [-0.2, 0) is 11.2 Å². The number of hydrogen-bond donors (Lipinski definition) is 0. The minimum atomic E-state index is 0.0495. The van der Waals surface area contributed by atoms with Crippen LogP contribution in [0.4, 0.5) is 0 Å². The Labute approximate surface area is 107 Å². The molecule has 1 amide bonds. The van der Waals surface area contributed by atoms with Crippen LogP contribution in [0.1, 0.15) is 30.5 Å². The first-order valence-electron chi connectivity index (χ1n) is 5.78. The average Bonchev–Trinajstić information content (AvgIpc) is 2.69. The van der Waals surface area contributed by atoms with E-state index >= 15 is 0 Å². The summed E-state index contributed by atoms with van der Waals surface area (Å²) in [4.78, 5) is 13.5. The minimum absolute atomic E-state index is 0.0495. The molecule has 1 aromatic rings. The largest absolute Gasteiger partial charge is 0.331 e. The van der Waals surface area contributed by atoms with Crippen LogP contribution >= 0.6 is 11.6 Å². The summed E-state index contributed by atoms with van der Waals surface area (Å²) in [7, 11) is 0. The third-order valence-corrected chi connectivity index (χ3v) is 3.34. The number of carbonyl (C=O) groups excluding carboxylic acids is 1. The SMILES string of the molecule is C=C(Cl)CN(C(C)=O)C1CCc2ccccc21. The van der Waals surface area contributed by atoms with Gasteiger partial charge in [0.1, 0.15) is 0 Å². The van der Waals surface area contributed by atoms with Gasteiger partial charge in [0.2, 0.25) is 5.91 Å². The first-order valence-corrected chi connectivity index (χ1v) is 6.15. The smallest absolute Gasteiger partial charge is 0.220 e. The van der Waals surface area contributed by atoms with Gasteiger partial charge in [-0.15, -0.1) is 0 Å². The van der Waals surface area contributed by atoms with Gasteiger partial charge in [0, 0.05) is 12.0 Å². The molecule has 0 radical (unpaired) electrons. The van der Waals surface area contributed by atoms with Crippen LogP contribution in [0, 0.1) is 0 Å². The van der Waals surface area contributed by atoms with E-state index < -0.39 is 0 Å². The number of carbonyl (C=O) groups is 1. The van der Waals surface area contributed by atoms with Gasteiger partial charge in [-0.25, -0.2) is 0 Å². The van der Waals surface area contributed by atoms with Crippen LogP contribution in [0.2, 0.25) is 0 Å². The molecule has 1 unspecified atom stereocenters. The summed E-state index contributed by atoms with van der Waals surface area (Å²) in [6.07, 6.45) is 2.00. The van der Waals surface area contributed by atoms with Crippen molar-refractivity contribution in [2.45, 2.75) is 25.8 Å². The zero-order valence-corrected chi connectivity index (χ0v) is 10.7. The molecule has 0 bridgehead atoms. The quantitative estimate of drug-likeness (QED) is 0.805. The number of hydrogen-bond acceptors (Lipinski definition) is 1. The van der Waals surface area contributed by atoms with Crippen molar-refractivity contribution in [3.8, 4) is 0 Å². The van der Waals surface area contributed by atoms with Gasteiger partial charge in [-0.05, 0) is 24.0 Å². The van der Waals surface area contributed by atoms with Gasteiger partial charge in [-0.1, -0.05) is 42.4 Å². The molecule has 0 saturated carbocycles. The molecule has 0 fully saturated rings. The molecule has 1 aliphatic carbocycles. The number of nitrogens with zero attached hydrogens (tertiary/aromatic N) is 1. The summed E-state index contributed by atoms with van der Waals surface area (Å²) < 4.78 is 0. The van der Waals surface area contributed by atoms with Crippen molar-refractivity contribution in [1.82, 2.24) is 4.90 Å². The molecule has 0 aromatic heterocycles. The predicted molar refractivity (Wildman–Crippen MR) is 69.9 cm³/mol. The van der Waals surface area contributed by atoms with Crippen molar-refractivity contribution in [2.24, 2.45) is 0 Å². The van der Waals surface area contributed by atoms with Gasteiger partial charge in [0.05, 0.1) is 12.6 Å². The van der Waals surface area contributed by atoms with Gasteiger partial charge < -0.3 is 4.90 Å². The number of rotatable bonds is 3. The lowest BCUT2D eigenvalue weighted by molar-refractivity contribution is -0.130. The maximum absolute atomic E-state index is 11.7. The lowest BCUT2D eigenvalue weighted by Crippen LogP contribution is -2.33. The fraction of sp³-hybridized carbons (Fsp3) is 0.357. The fourth-order valence-corrected chi connectivity index (χ4v) is 2.61. The Morgan fingerprint density at radius 3 is 2.88 bits per heavy atom. The van der Waals surface area contributed by atoms with E-state index in [1.165, 1.54) is 11.1 Å². The highest BCUT2D eigenvalue weighted by molar-refractivity contribution is 6.29. The van der Waals surface area contributed by atoms with Crippen molar-refractivity contribution in [3.63, 3.8) is 0 Å². The highest BCUT2D eigenvalue weighted by Crippen LogP contribution is 2.36. The number of halogens is 1. The molecular formula is C14H16ClNO. The van der Waals surface area contributed by atoms with Gasteiger partial charge in [-0.3, -0.25) is 4.79 Å². The van der Waals surface area contributed by atoms with Crippen LogP contribution < -0.4 is 0 Å². The molecule has 1 aliphatic rings. The lowest BCUT2D eigenvalue weighted by atomic mass is 10.1. The predicted octanol–water partition coefficient (Wildman–Crippen LogP) is 3.27. The Morgan fingerprint density at radius 2 is 2.24 bits per heavy atom. The Kier molecular flexibility index (Phi) is 3.53. The molecule has 17 heavy (non-hydrogen) atoms. The molecule has 2 rings (SSSR count). The maximum Gasteiger partial charge on any atom is 0.220 e. The molecule has 1 aromatic carbocycles. The minimum Gasteiger partial charge on any atom is -0.331 e. The summed E-state index contributed by atoms with van der Waals surface area (Å²) in [6, 6.07) is 8.44. The first kappa shape index (κ1) is 12.2. The average molecular weight is 250 g/mol. The standard InChI is InChI=1S/C14H16ClNO/c1-10(15)9-16(11(2)17)14-8-7-12-5-3-4-6-13(12)14/h3-6,14H,1,7-9H2,2H3. The Hall–Kier alpha value is -1.28. The van der Waals surface area contributed by atoms with E-state index in [-0.39, 0.29) is 11.9 Å². The van der Waals surface area contributed by atoms with Crippen LogP contribution in [-0.4, -0.2) is 17.4 Å². The highest BCUT2D eigenvalue weighted by Gasteiger charge is 2.29. The van der Waals surface area contributed by atoms with Gasteiger partial charge in [0.25, 0.3) is 0 Å². The summed E-state index contributed by atoms with van der Waals surface area (Å²) in [5.74, 6) is 0.0495. The molecule has 0 aliphatic heterocycles. The van der Waals surface area contributed by atoms with Crippen molar-refractivity contribution in [3.05, 3.63) is 47.0 Å². The monoisotopic (exact) mass is 249 g/mol. The molecular weight excluding hydrogens is 234 g/mol. The molecule has 1 atom stereocenters. The number of amides is 1. The van der Waals surface area contributed by atoms with Crippen LogP contribution in [0.25, 0.3) is 0 Å². The zero-order valence-electron chi connectivity index (χ0n) is 9.95. The summed E-state index contributed by atoms with van der Waals surface area (Å²) in [6.45, 7) is 5.69. The van der Waals surface area contributed by atoms with E-state index in [4.69, 9.17) is 11.6 Å². The Morgan fingerprint density at radius 1 is 1.53 bits per heavy atom. The molecule has 90 valence electrons. The molecule has 0 heterocycles. The number of fused-ring (bicyclic) bond motifs is 1. The second-order valence-electron chi connectivity index (χ2n) is 4.42. The van der Waals surface area contributed by atoms with E-state index in [0.29, 0.717) is 11.6 Å².